The van der Waals surface area contributed by atoms with Crippen LogP contribution in [0.15, 0.2) is 198 Å². The zero-order valence-corrected chi connectivity index (χ0v) is 27.6. The van der Waals surface area contributed by atoms with Crippen molar-refractivity contribution in [1.82, 2.24) is 0 Å². The Hall–Kier alpha value is -5.83. The van der Waals surface area contributed by atoms with Gasteiger partial charge >= 0.3 is 0 Å². The molecule has 0 saturated heterocycles. The molecule has 0 N–H and O–H groups in total. The minimum atomic E-state index is -0.473. The summed E-state index contributed by atoms with van der Waals surface area (Å²) in [7, 11) is 0. The molecule has 1 atom stereocenters. The molecule has 0 fully saturated rings. The highest BCUT2D eigenvalue weighted by Crippen LogP contribution is 2.64. The van der Waals surface area contributed by atoms with Crippen molar-refractivity contribution in [2.75, 3.05) is 4.90 Å². The standard InChI is InChI=1S/C47H31NS/c1-3-13-32(14-4-1)33-23-26-36(27-24-33)48(35-16-5-2-6-17-35)37-28-29-40-39-19-9-10-20-41(39)47(43(40)31-37)42-21-11-12-22-44(42)49-45-30-25-34-15-7-8-18-38(34)46(45)47/h1-31H. The van der Waals surface area contributed by atoms with Gasteiger partial charge in [0.05, 0.1) is 5.41 Å². The molecule has 8 aromatic rings. The SMILES string of the molecule is c1ccc(-c2ccc(N(c3ccccc3)c3ccc4c(c3)C3(c5ccccc5Sc5ccc6ccccc6c53)c3ccccc3-4)cc2)cc1. The first-order valence-electron chi connectivity index (χ1n) is 16.9. The molecule has 1 nitrogen and oxygen atoms in total. The molecule has 8 aromatic carbocycles. The topological polar surface area (TPSA) is 3.24 Å². The molecule has 0 bridgehead atoms. The van der Waals surface area contributed by atoms with Gasteiger partial charge in [-0.05, 0) is 104 Å². The molecule has 10 rings (SSSR count). The third kappa shape index (κ3) is 4.21. The first kappa shape index (κ1) is 28.2. The smallest absolute Gasteiger partial charge is 0.0742 e. The zero-order chi connectivity index (χ0) is 32.4. The fraction of sp³-hybridized carbons (Fsp3) is 0.0213. The normalized spacial score (nSPS) is 15.3. The molecule has 0 aromatic heterocycles. The Morgan fingerprint density at radius 3 is 1.84 bits per heavy atom. The number of benzene rings is 8. The minimum absolute atomic E-state index is 0.473. The van der Waals surface area contributed by atoms with Gasteiger partial charge in [-0.3, -0.25) is 0 Å². The van der Waals surface area contributed by atoms with Crippen LogP contribution in [0.4, 0.5) is 17.1 Å². The Morgan fingerprint density at radius 1 is 0.388 bits per heavy atom. The second-order valence-electron chi connectivity index (χ2n) is 12.9. The highest BCUT2D eigenvalue weighted by molar-refractivity contribution is 7.99. The number of fused-ring (bicyclic) bond motifs is 11. The zero-order valence-electron chi connectivity index (χ0n) is 26.8. The predicted octanol–water partition coefficient (Wildman–Crippen LogP) is 12.8. The van der Waals surface area contributed by atoms with Gasteiger partial charge in [0.1, 0.15) is 0 Å². The Balaban J connectivity index is 1.26. The summed E-state index contributed by atoms with van der Waals surface area (Å²) in [5.41, 5.74) is 13.4. The van der Waals surface area contributed by atoms with Crippen LogP contribution in [-0.4, -0.2) is 0 Å². The minimum Gasteiger partial charge on any atom is -0.310 e. The summed E-state index contributed by atoms with van der Waals surface area (Å²) < 4.78 is 0. The molecule has 1 heterocycles. The van der Waals surface area contributed by atoms with Gasteiger partial charge in [0, 0.05) is 26.9 Å². The van der Waals surface area contributed by atoms with Crippen LogP contribution in [0.25, 0.3) is 33.0 Å². The van der Waals surface area contributed by atoms with E-state index in [1.807, 2.05) is 11.8 Å². The maximum absolute atomic E-state index is 2.48. The van der Waals surface area contributed by atoms with Crippen molar-refractivity contribution < 1.29 is 0 Å². The van der Waals surface area contributed by atoms with E-state index in [0.29, 0.717) is 0 Å². The molecule has 1 aliphatic heterocycles. The molecule has 0 radical (unpaired) electrons. The molecule has 230 valence electrons. The molecule has 49 heavy (non-hydrogen) atoms. The van der Waals surface area contributed by atoms with E-state index >= 15 is 0 Å². The van der Waals surface area contributed by atoms with Crippen molar-refractivity contribution in [3.8, 4) is 22.3 Å². The van der Waals surface area contributed by atoms with Crippen LogP contribution in [0, 0.1) is 0 Å². The quantitative estimate of drug-likeness (QED) is 0.188. The van der Waals surface area contributed by atoms with Crippen molar-refractivity contribution in [2.45, 2.75) is 15.2 Å². The highest BCUT2D eigenvalue weighted by Gasteiger charge is 2.51. The summed E-state index contributed by atoms with van der Waals surface area (Å²) in [6.45, 7) is 0. The van der Waals surface area contributed by atoms with Gasteiger partial charge in [0.25, 0.3) is 0 Å². The van der Waals surface area contributed by atoms with Crippen molar-refractivity contribution in [1.29, 1.82) is 0 Å². The lowest BCUT2D eigenvalue weighted by Gasteiger charge is -2.41. The number of nitrogens with zero attached hydrogens (tertiary/aromatic N) is 1. The van der Waals surface area contributed by atoms with Crippen LogP contribution in [0.2, 0.25) is 0 Å². The maximum atomic E-state index is 2.48. The monoisotopic (exact) mass is 641 g/mol. The van der Waals surface area contributed by atoms with E-state index < -0.39 is 5.41 Å². The van der Waals surface area contributed by atoms with Crippen molar-refractivity contribution in [3.63, 3.8) is 0 Å². The lowest BCUT2D eigenvalue weighted by atomic mass is 9.66. The Labute approximate surface area is 291 Å². The largest absolute Gasteiger partial charge is 0.310 e. The van der Waals surface area contributed by atoms with Crippen LogP contribution in [0.3, 0.4) is 0 Å². The lowest BCUT2D eigenvalue weighted by Crippen LogP contribution is -2.32. The third-order valence-electron chi connectivity index (χ3n) is 10.3. The van der Waals surface area contributed by atoms with Crippen LogP contribution in [-0.2, 0) is 5.41 Å². The highest BCUT2D eigenvalue weighted by atomic mass is 32.2. The Bertz CT molecular complexity index is 2520. The molecule has 0 amide bonds. The Kier molecular flexibility index (Phi) is 6.40. The van der Waals surface area contributed by atoms with E-state index in [-0.39, 0.29) is 0 Å². The number of anilines is 3. The van der Waals surface area contributed by atoms with Gasteiger partial charge in [0.15, 0.2) is 0 Å². The fourth-order valence-corrected chi connectivity index (χ4v) is 9.48. The molecule has 1 aliphatic carbocycles. The van der Waals surface area contributed by atoms with Gasteiger partial charge in [-0.1, -0.05) is 151 Å². The average Bonchev–Trinajstić information content (AvgIpc) is 3.46. The fourth-order valence-electron chi connectivity index (χ4n) is 8.27. The average molecular weight is 642 g/mol. The van der Waals surface area contributed by atoms with Crippen molar-refractivity contribution in [3.05, 3.63) is 210 Å². The molecule has 1 unspecified atom stereocenters. The number of rotatable bonds is 4. The van der Waals surface area contributed by atoms with E-state index in [1.54, 1.807) is 0 Å². The molecule has 0 saturated carbocycles. The van der Waals surface area contributed by atoms with Crippen LogP contribution >= 0.6 is 11.8 Å². The molecule has 2 heteroatoms. The van der Waals surface area contributed by atoms with Gasteiger partial charge in [-0.25, -0.2) is 0 Å². The second kappa shape index (κ2) is 11.1. The summed E-state index contributed by atoms with van der Waals surface area (Å²) in [4.78, 5) is 5.04. The number of hydrogen-bond donors (Lipinski definition) is 0. The Morgan fingerprint density at radius 2 is 1.00 bits per heavy atom. The van der Waals surface area contributed by atoms with Gasteiger partial charge < -0.3 is 4.90 Å². The van der Waals surface area contributed by atoms with Gasteiger partial charge in [-0.15, -0.1) is 0 Å². The second-order valence-corrected chi connectivity index (χ2v) is 14.0. The van der Waals surface area contributed by atoms with Crippen LogP contribution < -0.4 is 4.90 Å². The number of para-hydroxylation sites is 1. The predicted molar refractivity (Wildman–Crippen MR) is 205 cm³/mol. The summed E-state index contributed by atoms with van der Waals surface area (Å²) in [5, 5.41) is 2.58. The first-order valence-corrected chi connectivity index (χ1v) is 17.7. The summed E-state index contributed by atoms with van der Waals surface area (Å²) in [6, 6.07) is 69.2. The van der Waals surface area contributed by atoms with E-state index in [2.05, 4.69) is 193 Å². The summed E-state index contributed by atoms with van der Waals surface area (Å²) >= 11 is 1.90. The molecular weight excluding hydrogens is 611 g/mol. The lowest BCUT2D eigenvalue weighted by molar-refractivity contribution is 0.730. The van der Waals surface area contributed by atoms with E-state index in [0.717, 1.165) is 17.1 Å². The van der Waals surface area contributed by atoms with Gasteiger partial charge in [0.2, 0.25) is 0 Å². The van der Waals surface area contributed by atoms with Crippen molar-refractivity contribution in [2.24, 2.45) is 0 Å². The maximum Gasteiger partial charge on any atom is 0.0742 e. The van der Waals surface area contributed by atoms with E-state index in [1.165, 1.54) is 65.1 Å². The molecule has 1 spiro atoms. The molecular formula is C47H31NS. The first-order chi connectivity index (χ1) is 24.3. The summed E-state index contributed by atoms with van der Waals surface area (Å²) in [5.74, 6) is 0. The number of hydrogen-bond acceptors (Lipinski definition) is 2. The van der Waals surface area contributed by atoms with Crippen LogP contribution in [0.5, 0.6) is 0 Å². The molecule has 2 aliphatic rings. The summed E-state index contributed by atoms with van der Waals surface area (Å²) in [6.07, 6.45) is 0. The van der Waals surface area contributed by atoms with E-state index in [4.69, 9.17) is 0 Å². The van der Waals surface area contributed by atoms with Crippen molar-refractivity contribution >= 4 is 39.6 Å². The van der Waals surface area contributed by atoms with E-state index in [9.17, 15) is 0 Å². The third-order valence-corrected chi connectivity index (χ3v) is 11.4. The van der Waals surface area contributed by atoms with Crippen LogP contribution in [0.1, 0.15) is 22.3 Å². The van der Waals surface area contributed by atoms with Gasteiger partial charge in [-0.2, -0.15) is 0 Å².